The van der Waals surface area contributed by atoms with Crippen molar-refractivity contribution >= 4 is 6.29 Å². The van der Waals surface area contributed by atoms with Crippen LogP contribution in [0.15, 0.2) is 30.3 Å². The summed E-state index contributed by atoms with van der Waals surface area (Å²) in [5.74, 6) is 0.697. The van der Waals surface area contributed by atoms with Gasteiger partial charge in [0, 0.05) is 5.56 Å². The molecule has 23 heavy (non-hydrogen) atoms. The Hall–Kier alpha value is -2.36. The normalized spacial score (nSPS) is 10.4. The number of carbonyl (C=O) groups excluding carboxylic acids is 1. The van der Waals surface area contributed by atoms with Crippen LogP contribution in [0, 0.1) is 5.82 Å². The fourth-order valence-electron chi connectivity index (χ4n) is 2.59. The average Bonchev–Trinajstić information content (AvgIpc) is 2.57. The van der Waals surface area contributed by atoms with Crippen molar-refractivity contribution in [3.63, 3.8) is 0 Å². The number of hydrogen-bond acceptors (Lipinski definition) is 3. The molecule has 0 spiro atoms. The van der Waals surface area contributed by atoms with Gasteiger partial charge in [-0.05, 0) is 49.6 Å². The van der Waals surface area contributed by atoms with Crippen molar-refractivity contribution < 1.29 is 18.7 Å². The van der Waals surface area contributed by atoms with Crippen LogP contribution >= 0.6 is 0 Å². The predicted octanol–water partition coefficient (Wildman–Crippen LogP) is 4.67. The minimum atomic E-state index is -0.292. The molecule has 0 saturated carbocycles. The maximum absolute atomic E-state index is 13.2. The van der Waals surface area contributed by atoms with Gasteiger partial charge in [-0.25, -0.2) is 4.39 Å². The van der Waals surface area contributed by atoms with Crippen LogP contribution < -0.4 is 9.47 Å². The number of rotatable bonds is 7. The van der Waals surface area contributed by atoms with Gasteiger partial charge >= 0.3 is 0 Å². The van der Waals surface area contributed by atoms with Gasteiger partial charge in [0.05, 0.1) is 18.8 Å². The minimum Gasteiger partial charge on any atom is -0.489 e. The Kier molecular flexibility index (Phi) is 5.74. The van der Waals surface area contributed by atoms with Gasteiger partial charge in [0.25, 0.3) is 0 Å². The van der Waals surface area contributed by atoms with E-state index in [4.69, 9.17) is 9.47 Å². The van der Waals surface area contributed by atoms with Crippen molar-refractivity contribution in [2.24, 2.45) is 0 Å². The predicted molar refractivity (Wildman–Crippen MR) is 88.9 cm³/mol. The lowest BCUT2D eigenvalue weighted by Crippen LogP contribution is -2.05. The Morgan fingerprint density at radius 3 is 2.13 bits per heavy atom. The van der Waals surface area contributed by atoms with Crippen LogP contribution in [0.2, 0.25) is 0 Å². The fraction of sp³-hybridized carbons (Fsp3) is 0.316. The van der Waals surface area contributed by atoms with Gasteiger partial charge < -0.3 is 9.47 Å². The van der Waals surface area contributed by atoms with E-state index in [0.29, 0.717) is 30.3 Å². The molecule has 0 atom stereocenters. The van der Waals surface area contributed by atoms with Crippen LogP contribution in [-0.2, 0) is 6.42 Å². The molecule has 0 heterocycles. The van der Waals surface area contributed by atoms with Gasteiger partial charge in [-0.3, -0.25) is 4.79 Å². The van der Waals surface area contributed by atoms with E-state index in [0.717, 1.165) is 29.4 Å². The van der Waals surface area contributed by atoms with Crippen molar-refractivity contribution in [3.8, 4) is 22.6 Å². The quantitative estimate of drug-likeness (QED) is 0.697. The Bertz CT molecular complexity index is 678. The summed E-state index contributed by atoms with van der Waals surface area (Å²) in [4.78, 5) is 11.4. The molecule has 0 fully saturated rings. The van der Waals surface area contributed by atoms with E-state index in [1.54, 1.807) is 12.1 Å². The number of aldehydes is 1. The van der Waals surface area contributed by atoms with Crippen molar-refractivity contribution in [3.05, 3.63) is 47.3 Å². The molecule has 0 saturated heterocycles. The fourth-order valence-corrected chi connectivity index (χ4v) is 2.59. The Morgan fingerprint density at radius 2 is 1.61 bits per heavy atom. The Balaban J connectivity index is 2.77. The first-order chi connectivity index (χ1) is 11.2. The van der Waals surface area contributed by atoms with E-state index in [2.05, 4.69) is 0 Å². The molecule has 0 aliphatic rings. The van der Waals surface area contributed by atoms with Crippen molar-refractivity contribution in [2.45, 2.75) is 27.2 Å². The summed E-state index contributed by atoms with van der Waals surface area (Å²) in [6.45, 7) is 6.61. The van der Waals surface area contributed by atoms with Gasteiger partial charge in [-0.2, -0.15) is 0 Å². The first-order valence-corrected chi connectivity index (χ1v) is 7.82. The molecular weight excluding hydrogens is 295 g/mol. The molecule has 3 nitrogen and oxygen atoms in total. The molecule has 0 aromatic heterocycles. The zero-order chi connectivity index (χ0) is 16.8. The van der Waals surface area contributed by atoms with E-state index in [-0.39, 0.29) is 5.82 Å². The second-order valence-electron chi connectivity index (χ2n) is 5.00. The summed E-state index contributed by atoms with van der Waals surface area (Å²) in [5.41, 5.74) is 3.12. The monoisotopic (exact) mass is 316 g/mol. The SMILES string of the molecule is CCOc1c(C=O)cc(CC)c(-c2ccc(F)cc2)c1OCC. The van der Waals surface area contributed by atoms with Crippen LogP contribution in [0.1, 0.15) is 36.7 Å². The first kappa shape index (κ1) is 17.0. The van der Waals surface area contributed by atoms with Crippen LogP contribution in [-0.4, -0.2) is 19.5 Å². The maximum atomic E-state index is 13.2. The van der Waals surface area contributed by atoms with Gasteiger partial charge in [0.2, 0.25) is 0 Å². The van der Waals surface area contributed by atoms with E-state index >= 15 is 0 Å². The van der Waals surface area contributed by atoms with Crippen molar-refractivity contribution in [2.75, 3.05) is 13.2 Å². The third-order valence-electron chi connectivity index (χ3n) is 3.56. The van der Waals surface area contributed by atoms with Crippen LogP contribution in [0.25, 0.3) is 11.1 Å². The Labute approximate surface area is 136 Å². The molecule has 0 unspecified atom stereocenters. The lowest BCUT2D eigenvalue weighted by molar-refractivity contribution is 0.111. The summed E-state index contributed by atoms with van der Waals surface area (Å²) in [7, 11) is 0. The van der Waals surface area contributed by atoms with Crippen LogP contribution in [0.4, 0.5) is 4.39 Å². The van der Waals surface area contributed by atoms with E-state index in [1.807, 2.05) is 26.8 Å². The second-order valence-corrected chi connectivity index (χ2v) is 5.00. The van der Waals surface area contributed by atoms with Gasteiger partial charge in [-0.1, -0.05) is 19.1 Å². The summed E-state index contributed by atoms with van der Waals surface area (Å²) in [5, 5.41) is 0. The van der Waals surface area contributed by atoms with Crippen molar-refractivity contribution in [1.82, 2.24) is 0 Å². The maximum Gasteiger partial charge on any atom is 0.172 e. The highest BCUT2D eigenvalue weighted by Gasteiger charge is 2.21. The molecule has 2 aromatic carbocycles. The standard InChI is InChI=1S/C19H21FO3/c1-4-13-11-15(12-21)18(22-5-2)19(23-6-3)17(13)14-7-9-16(20)10-8-14/h7-12H,4-6H2,1-3H3. The molecule has 2 rings (SSSR count). The zero-order valence-corrected chi connectivity index (χ0v) is 13.7. The molecule has 0 radical (unpaired) electrons. The third kappa shape index (κ3) is 3.52. The molecule has 0 bridgehead atoms. The molecule has 0 N–H and O–H groups in total. The number of halogens is 1. The van der Waals surface area contributed by atoms with Crippen LogP contribution in [0.3, 0.4) is 0 Å². The van der Waals surface area contributed by atoms with Gasteiger partial charge in [0.15, 0.2) is 17.8 Å². The number of aryl methyl sites for hydroxylation is 1. The van der Waals surface area contributed by atoms with Gasteiger partial charge in [-0.15, -0.1) is 0 Å². The highest BCUT2D eigenvalue weighted by molar-refractivity contribution is 5.88. The van der Waals surface area contributed by atoms with E-state index in [9.17, 15) is 9.18 Å². The summed E-state index contributed by atoms with van der Waals surface area (Å²) >= 11 is 0. The summed E-state index contributed by atoms with van der Waals surface area (Å²) in [6, 6.07) is 8.07. The number of hydrogen-bond donors (Lipinski definition) is 0. The molecule has 4 heteroatoms. The topological polar surface area (TPSA) is 35.5 Å². The lowest BCUT2D eigenvalue weighted by Gasteiger charge is -2.20. The second kappa shape index (κ2) is 7.77. The average molecular weight is 316 g/mol. The molecule has 0 amide bonds. The molecule has 0 aliphatic heterocycles. The molecule has 2 aromatic rings. The molecule has 122 valence electrons. The number of ether oxygens (including phenoxy) is 2. The highest BCUT2D eigenvalue weighted by Crippen LogP contribution is 2.43. The van der Waals surface area contributed by atoms with Crippen molar-refractivity contribution in [1.29, 1.82) is 0 Å². The summed E-state index contributed by atoms with van der Waals surface area (Å²) < 4.78 is 24.7. The van der Waals surface area contributed by atoms with Crippen LogP contribution in [0.5, 0.6) is 11.5 Å². The summed E-state index contributed by atoms with van der Waals surface area (Å²) in [6.07, 6.45) is 1.50. The van der Waals surface area contributed by atoms with Gasteiger partial charge in [0.1, 0.15) is 5.82 Å². The molecular formula is C19H21FO3. The smallest absolute Gasteiger partial charge is 0.172 e. The third-order valence-corrected chi connectivity index (χ3v) is 3.56. The van der Waals surface area contributed by atoms with E-state index < -0.39 is 0 Å². The van der Waals surface area contributed by atoms with E-state index in [1.165, 1.54) is 12.1 Å². The number of carbonyl (C=O) groups is 1. The number of benzene rings is 2. The lowest BCUT2D eigenvalue weighted by atomic mass is 9.94. The minimum absolute atomic E-state index is 0.292. The molecule has 0 aliphatic carbocycles. The Morgan fingerprint density at radius 1 is 1.00 bits per heavy atom. The first-order valence-electron chi connectivity index (χ1n) is 7.82. The highest BCUT2D eigenvalue weighted by atomic mass is 19.1. The zero-order valence-electron chi connectivity index (χ0n) is 13.7. The largest absolute Gasteiger partial charge is 0.489 e.